The summed E-state index contributed by atoms with van der Waals surface area (Å²) in [7, 11) is 0. The number of nitrogens with zero attached hydrogens (tertiary/aromatic N) is 1. The maximum absolute atomic E-state index is 3.99. The third kappa shape index (κ3) is 2.79. The van der Waals surface area contributed by atoms with Crippen molar-refractivity contribution in [3.8, 4) is 0 Å². The molecule has 0 saturated heterocycles. The van der Waals surface area contributed by atoms with Gasteiger partial charge in [0, 0.05) is 16.8 Å². The molecule has 0 aliphatic heterocycles. The maximum Gasteiger partial charge on any atom is 0.0922 e. The lowest BCUT2D eigenvalue weighted by Gasteiger charge is -2.09. The van der Waals surface area contributed by atoms with Gasteiger partial charge in [-0.2, -0.15) is 0 Å². The Balaban J connectivity index is 2.03. The molecule has 0 saturated carbocycles. The first-order valence-corrected chi connectivity index (χ1v) is 6.31. The molecule has 2 aromatic rings. The number of aromatic amines is 1. The predicted octanol–water partition coefficient (Wildman–Crippen LogP) is 3.13. The summed E-state index contributed by atoms with van der Waals surface area (Å²) in [6, 6.07) is 8.37. The van der Waals surface area contributed by atoms with E-state index in [9.17, 15) is 0 Å². The molecule has 1 heterocycles. The normalized spacial score (nSPS) is 10.3. The van der Waals surface area contributed by atoms with Gasteiger partial charge < -0.3 is 10.3 Å². The van der Waals surface area contributed by atoms with Crippen molar-refractivity contribution in [3.63, 3.8) is 0 Å². The Morgan fingerprint density at radius 1 is 1.38 bits per heavy atom. The fourth-order valence-electron chi connectivity index (χ4n) is 1.47. The fraction of sp³-hybridized carbons (Fsp3) is 0.250. The first-order chi connectivity index (χ1) is 7.90. The highest BCUT2D eigenvalue weighted by Crippen LogP contribution is 2.26. The molecule has 2 rings (SSSR count). The highest BCUT2D eigenvalue weighted by molar-refractivity contribution is 7.99. The van der Waals surface area contributed by atoms with E-state index in [0.717, 1.165) is 18.0 Å². The number of thioether (sulfide) groups is 1. The van der Waals surface area contributed by atoms with Crippen LogP contribution in [0, 0.1) is 0 Å². The van der Waals surface area contributed by atoms with Crippen molar-refractivity contribution in [1.29, 1.82) is 0 Å². The standard InChI is InChI=1S/C12H15N3S/c1-2-16-12-6-4-3-5-11(12)14-8-10-7-13-9-15-10/h3-7,9,14H,2,8H2,1H3,(H,13,15). The predicted molar refractivity (Wildman–Crippen MR) is 68.8 cm³/mol. The van der Waals surface area contributed by atoms with Crippen LogP contribution in [0.5, 0.6) is 0 Å². The number of para-hydroxylation sites is 1. The van der Waals surface area contributed by atoms with Crippen LogP contribution in [-0.4, -0.2) is 15.7 Å². The SMILES string of the molecule is CCSc1ccccc1NCc1cnc[nH]1. The van der Waals surface area contributed by atoms with Crippen molar-refractivity contribution in [3.05, 3.63) is 42.5 Å². The molecule has 0 aliphatic carbocycles. The van der Waals surface area contributed by atoms with E-state index >= 15 is 0 Å². The van der Waals surface area contributed by atoms with Crippen molar-refractivity contribution in [2.45, 2.75) is 18.4 Å². The van der Waals surface area contributed by atoms with Gasteiger partial charge in [0.2, 0.25) is 0 Å². The Morgan fingerprint density at radius 3 is 3.00 bits per heavy atom. The zero-order chi connectivity index (χ0) is 11.2. The van der Waals surface area contributed by atoms with Gasteiger partial charge in [-0.15, -0.1) is 11.8 Å². The first kappa shape index (κ1) is 11.1. The van der Waals surface area contributed by atoms with Crippen LogP contribution in [0.1, 0.15) is 12.6 Å². The number of hydrogen-bond acceptors (Lipinski definition) is 3. The van der Waals surface area contributed by atoms with E-state index in [1.165, 1.54) is 10.6 Å². The second-order valence-corrected chi connectivity index (χ2v) is 4.67. The lowest BCUT2D eigenvalue weighted by molar-refractivity contribution is 1.06. The monoisotopic (exact) mass is 233 g/mol. The summed E-state index contributed by atoms with van der Waals surface area (Å²) >= 11 is 1.85. The summed E-state index contributed by atoms with van der Waals surface area (Å²) < 4.78 is 0. The minimum atomic E-state index is 0.779. The van der Waals surface area contributed by atoms with Crippen molar-refractivity contribution in [1.82, 2.24) is 9.97 Å². The zero-order valence-corrected chi connectivity index (χ0v) is 10.1. The minimum Gasteiger partial charge on any atom is -0.379 e. The molecule has 0 fully saturated rings. The smallest absolute Gasteiger partial charge is 0.0922 e. The number of H-pyrrole nitrogens is 1. The number of benzene rings is 1. The molecule has 1 aromatic carbocycles. The van der Waals surface area contributed by atoms with Gasteiger partial charge in [-0.3, -0.25) is 0 Å². The number of anilines is 1. The molecule has 16 heavy (non-hydrogen) atoms. The van der Waals surface area contributed by atoms with Crippen LogP contribution in [0.25, 0.3) is 0 Å². The Labute approximate surface area is 99.7 Å². The summed E-state index contributed by atoms with van der Waals surface area (Å²) in [4.78, 5) is 8.37. The highest BCUT2D eigenvalue weighted by Gasteiger charge is 2.01. The van der Waals surface area contributed by atoms with E-state index in [4.69, 9.17) is 0 Å². The van der Waals surface area contributed by atoms with E-state index in [0.29, 0.717) is 0 Å². The molecule has 0 bridgehead atoms. The summed E-state index contributed by atoms with van der Waals surface area (Å²) in [5.74, 6) is 1.09. The number of hydrogen-bond donors (Lipinski definition) is 2. The van der Waals surface area contributed by atoms with Gasteiger partial charge in [0.05, 0.1) is 18.6 Å². The maximum atomic E-state index is 3.99. The lowest BCUT2D eigenvalue weighted by Crippen LogP contribution is -2.00. The largest absolute Gasteiger partial charge is 0.379 e. The molecular weight excluding hydrogens is 218 g/mol. The van der Waals surface area contributed by atoms with Gasteiger partial charge in [0.15, 0.2) is 0 Å². The topological polar surface area (TPSA) is 40.7 Å². The fourth-order valence-corrected chi connectivity index (χ4v) is 2.25. The molecule has 0 atom stereocenters. The number of aromatic nitrogens is 2. The van der Waals surface area contributed by atoms with Crippen LogP contribution in [0.4, 0.5) is 5.69 Å². The molecule has 0 radical (unpaired) electrons. The third-order valence-electron chi connectivity index (χ3n) is 2.21. The van der Waals surface area contributed by atoms with Crippen molar-refractivity contribution in [2.24, 2.45) is 0 Å². The lowest BCUT2D eigenvalue weighted by atomic mass is 10.3. The van der Waals surface area contributed by atoms with E-state index in [2.05, 4.69) is 46.5 Å². The number of nitrogens with one attached hydrogen (secondary N) is 2. The average Bonchev–Trinajstić information content (AvgIpc) is 2.81. The first-order valence-electron chi connectivity index (χ1n) is 5.33. The van der Waals surface area contributed by atoms with Gasteiger partial charge >= 0.3 is 0 Å². The quantitative estimate of drug-likeness (QED) is 0.779. The number of imidazole rings is 1. The zero-order valence-electron chi connectivity index (χ0n) is 9.23. The number of rotatable bonds is 5. The van der Waals surface area contributed by atoms with E-state index in [1.54, 1.807) is 6.33 Å². The Morgan fingerprint density at radius 2 is 2.25 bits per heavy atom. The van der Waals surface area contributed by atoms with Crippen LogP contribution in [0.2, 0.25) is 0 Å². The van der Waals surface area contributed by atoms with Gasteiger partial charge in [-0.1, -0.05) is 19.1 Å². The molecule has 0 spiro atoms. The molecular formula is C12H15N3S. The molecule has 0 unspecified atom stereocenters. The molecule has 4 heteroatoms. The van der Waals surface area contributed by atoms with Crippen LogP contribution in [-0.2, 0) is 6.54 Å². The third-order valence-corrected chi connectivity index (χ3v) is 3.17. The molecule has 0 aliphatic rings. The second-order valence-electron chi connectivity index (χ2n) is 3.36. The van der Waals surface area contributed by atoms with Crippen molar-refractivity contribution < 1.29 is 0 Å². The van der Waals surface area contributed by atoms with E-state index in [1.807, 2.05) is 18.0 Å². The van der Waals surface area contributed by atoms with Gasteiger partial charge in [-0.05, 0) is 17.9 Å². The van der Waals surface area contributed by atoms with E-state index < -0.39 is 0 Å². The summed E-state index contributed by atoms with van der Waals surface area (Å²) in [6.07, 6.45) is 3.53. The van der Waals surface area contributed by atoms with Gasteiger partial charge in [-0.25, -0.2) is 4.98 Å². The molecule has 3 nitrogen and oxygen atoms in total. The van der Waals surface area contributed by atoms with Crippen LogP contribution in [0.3, 0.4) is 0 Å². The Hall–Kier alpha value is -1.42. The minimum absolute atomic E-state index is 0.779. The van der Waals surface area contributed by atoms with Crippen molar-refractivity contribution in [2.75, 3.05) is 11.1 Å². The van der Waals surface area contributed by atoms with Gasteiger partial charge in [0.25, 0.3) is 0 Å². The molecule has 1 aromatic heterocycles. The summed E-state index contributed by atoms with van der Waals surface area (Å²) in [6.45, 7) is 2.94. The van der Waals surface area contributed by atoms with Gasteiger partial charge in [0.1, 0.15) is 0 Å². The average molecular weight is 233 g/mol. The molecule has 2 N–H and O–H groups in total. The highest BCUT2D eigenvalue weighted by atomic mass is 32.2. The molecule has 0 amide bonds. The van der Waals surface area contributed by atoms with Crippen LogP contribution in [0.15, 0.2) is 41.7 Å². The Bertz CT molecular complexity index is 426. The van der Waals surface area contributed by atoms with E-state index in [-0.39, 0.29) is 0 Å². The van der Waals surface area contributed by atoms with Crippen LogP contribution >= 0.6 is 11.8 Å². The summed E-state index contributed by atoms with van der Waals surface area (Å²) in [5.41, 5.74) is 2.28. The molecule has 84 valence electrons. The summed E-state index contributed by atoms with van der Waals surface area (Å²) in [5, 5.41) is 3.41. The van der Waals surface area contributed by atoms with Crippen molar-refractivity contribution >= 4 is 17.4 Å². The Kier molecular flexibility index (Phi) is 3.88. The van der Waals surface area contributed by atoms with Crippen LogP contribution < -0.4 is 5.32 Å². The second kappa shape index (κ2) is 5.61.